The number of hydrogen-bond donors (Lipinski definition) is 1. The van der Waals surface area contributed by atoms with Crippen molar-refractivity contribution in [2.75, 3.05) is 14.2 Å². The van der Waals surface area contributed by atoms with Gasteiger partial charge in [-0.15, -0.1) is 0 Å². The topological polar surface area (TPSA) is 44.5 Å². The molecule has 1 aliphatic rings. The van der Waals surface area contributed by atoms with Crippen LogP contribution in [0.3, 0.4) is 0 Å². The van der Waals surface area contributed by atoms with Crippen LogP contribution >= 0.6 is 0 Å². The van der Waals surface area contributed by atoms with Crippen molar-refractivity contribution in [1.29, 1.82) is 0 Å². The first-order chi connectivity index (χ1) is 9.52. The fraction of sp³-hybridized carbons (Fsp3) is 0.625. The van der Waals surface area contributed by atoms with Gasteiger partial charge < -0.3 is 15.2 Å². The minimum absolute atomic E-state index is 0.299. The maximum atomic E-state index is 13.5. The Hall–Kier alpha value is -1.13. The first-order valence-corrected chi connectivity index (χ1v) is 7.16. The van der Waals surface area contributed by atoms with Crippen molar-refractivity contribution < 1.29 is 13.9 Å². The van der Waals surface area contributed by atoms with E-state index in [4.69, 9.17) is 15.2 Å². The molecule has 0 saturated heterocycles. The molecule has 0 amide bonds. The molecule has 1 saturated carbocycles. The molecule has 0 bridgehead atoms. The third-order valence-corrected chi connectivity index (χ3v) is 4.62. The predicted molar refractivity (Wildman–Crippen MR) is 77.3 cm³/mol. The van der Waals surface area contributed by atoms with Crippen LogP contribution in [0.25, 0.3) is 0 Å². The lowest BCUT2D eigenvalue weighted by Gasteiger charge is -2.42. The Morgan fingerprint density at radius 1 is 1.30 bits per heavy atom. The summed E-state index contributed by atoms with van der Waals surface area (Å²) < 4.78 is 24.7. The van der Waals surface area contributed by atoms with Crippen molar-refractivity contribution in [3.8, 4) is 5.75 Å². The van der Waals surface area contributed by atoms with Crippen LogP contribution in [0.1, 0.15) is 44.2 Å². The van der Waals surface area contributed by atoms with Crippen molar-refractivity contribution in [1.82, 2.24) is 0 Å². The summed E-state index contributed by atoms with van der Waals surface area (Å²) in [6.07, 6.45) is 3.95. The highest BCUT2D eigenvalue weighted by atomic mass is 19.1. The van der Waals surface area contributed by atoms with Gasteiger partial charge in [0.15, 0.2) is 0 Å². The highest BCUT2D eigenvalue weighted by molar-refractivity contribution is 5.38. The number of halogens is 1. The Bertz CT molecular complexity index is 456. The van der Waals surface area contributed by atoms with Gasteiger partial charge in [0.2, 0.25) is 0 Å². The number of rotatable bonds is 4. The average molecular weight is 281 g/mol. The van der Waals surface area contributed by atoms with E-state index in [1.165, 1.54) is 12.1 Å². The third-order valence-electron chi connectivity index (χ3n) is 4.62. The molecule has 1 aromatic carbocycles. The zero-order valence-corrected chi connectivity index (χ0v) is 12.5. The second-order valence-electron chi connectivity index (χ2n) is 5.82. The van der Waals surface area contributed by atoms with Gasteiger partial charge in [0.05, 0.1) is 18.8 Å². The summed E-state index contributed by atoms with van der Waals surface area (Å²) >= 11 is 0. The zero-order chi connectivity index (χ0) is 14.8. The number of methoxy groups -OCH3 is 2. The molecule has 4 heteroatoms. The first kappa shape index (κ1) is 15.3. The molecule has 1 fully saturated rings. The van der Waals surface area contributed by atoms with Crippen molar-refractivity contribution in [2.45, 2.75) is 44.2 Å². The molecule has 2 N–H and O–H groups in total. The predicted octanol–water partition coefficient (Wildman–Crippen LogP) is 3.43. The lowest BCUT2D eigenvalue weighted by Crippen LogP contribution is -2.45. The molecule has 0 heterocycles. The molecule has 1 aliphatic carbocycles. The Kier molecular flexibility index (Phi) is 4.66. The molecule has 0 radical (unpaired) electrons. The van der Waals surface area contributed by atoms with Crippen LogP contribution in [-0.4, -0.2) is 19.8 Å². The maximum absolute atomic E-state index is 13.5. The molecular weight excluding hydrogens is 257 g/mol. The third kappa shape index (κ3) is 2.81. The van der Waals surface area contributed by atoms with Crippen LogP contribution in [0.5, 0.6) is 5.75 Å². The second-order valence-corrected chi connectivity index (χ2v) is 5.82. The van der Waals surface area contributed by atoms with E-state index < -0.39 is 5.60 Å². The summed E-state index contributed by atoms with van der Waals surface area (Å²) in [6, 6.07) is 4.09. The first-order valence-electron chi connectivity index (χ1n) is 7.16. The van der Waals surface area contributed by atoms with Crippen LogP contribution < -0.4 is 10.5 Å². The maximum Gasteiger partial charge on any atom is 0.123 e. The van der Waals surface area contributed by atoms with E-state index in [1.807, 2.05) is 0 Å². The Morgan fingerprint density at radius 2 is 1.95 bits per heavy atom. The highest BCUT2D eigenvalue weighted by Crippen LogP contribution is 2.43. The largest absolute Gasteiger partial charge is 0.496 e. The number of benzene rings is 1. The van der Waals surface area contributed by atoms with Gasteiger partial charge in [-0.3, -0.25) is 0 Å². The van der Waals surface area contributed by atoms with E-state index in [9.17, 15) is 4.39 Å². The van der Waals surface area contributed by atoms with Gasteiger partial charge in [-0.25, -0.2) is 4.39 Å². The minimum Gasteiger partial charge on any atom is -0.496 e. The molecule has 112 valence electrons. The van der Waals surface area contributed by atoms with Crippen molar-refractivity contribution in [2.24, 2.45) is 11.7 Å². The molecule has 0 spiro atoms. The van der Waals surface area contributed by atoms with Crippen LogP contribution in [0.4, 0.5) is 4.39 Å². The molecule has 20 heavy (non-hydrogen) atoms. The van der Waals surface area contributed by atoms with Crippen molar-refractivity contribution in [3.63, 3.8) is 0 Å². The van der Waals surface area contributed by atoms with E-state index in [1.54, 1.807) is 20.3 Å². The van der Waals surface area contributed by atoms with E-state index in [-0.39, 0.29) is 11.9 Å². The molecule has 3 nitrogen and oxygen atoms in total. The Labute approximate surface area is 120 Å². The van der Waals surface area contributed by atoms with Gasteiger partial charge in [0, 0.05) is 12.7 Å². The van der Waals surface area contributed by atoms with Crippen LogP contribution in [-0.2, 0) is 4.74 Å². The summed E-state index contributed by atoms with van der Waals surface area (Å²) in [5.41, 5.74) is 6.70. The number of hydrogen-bond acceptors (Lipinski definition) is 3. The summed E-state index contributed by atoms with van der Waals surface area (Å²) in [7, 11) is 3.27. The lowest BCUT2D eigenvalue weighted by molar-refractivity contribution is -0.0676. The van der Waals surface area contributed by atoms with Crippen LogP contribution in [0.2, 0.25) is 0 Å². The van der Waals surface area contributed by atoms with Crippen LogP contribution in [0, 0.1) is 11.7 Å². The molecule has 1 atom stereocenters. The second kappa shape index (κ2) is 6.10. The smallest absolute Gasteiger partial charge is 0.123 e. The number of nitrogens with two attached hydrogens (primary N) is 1. The molecule has 0 aromatic heterocycles. The Morgan fingerprint density at radius 3 is 2.50 bits per heavy atom. The van der Waals surface area contributed by atoms with E-state index in [0.717, 1.165) is 25.7 Å². The fourth-order valence-corrected chi connectivity index (χ4v) is 3.12. The molecule has 1 aromatic rings. The van der Waals surface area contributed by atoms with E-state index >= 15 is 0 Å². The summed E-state index contributed by atoms with van der Waals surface area (Å²) in [5.74, 6) is 1.01. The van der Waals surface area contributed by atoms with Gasteiger partial charge in [-0.1, -0.05) is 6.92 Å². The number of ether oxygens (including phenoxy) is 2. The van der Waals surface area contributed by atoms with Crippen LogP contribution in [0.15, 0.2) is 18.2 Å². The fourth-order valence-electron chi connectivity index (χ4n) is 3.12. The van der Waals surface area contributed by atoms with Gasteiger partial charge >= 0.3 is 0 Å². The van der Waals surface area contributed by atoms with Gasteiger partial charge in [0.25, 0.3) is 0 Å². The minimum atomic E-state index is -0.423. The lowest BCUT2D eigenvalue weighted by atomic mass is 9.73. The highest BCUT2D eigenvalue weighted by Gasteiger charge is 2.41. The quantitative estimate of drug-likeness (QED) is 0.919. The normalized spacial score (nSPS) is 28.1. The molecule has 2 rings (SSSR count). The molecule has 0 aliphatic heterocycles. The van der Waals surface area contributed by atoms with Gasteiger partial charge in [-0.05, 0) is 49.8 Å². The standard InChI is InChI=1S/C16H24FNO2/c1-11-6-8-16(20-3,9-7-11)15(18)13-10-12(17)4-5-14(13)19-2/h4-5,10-11,15H,6-9,18H2,1-3H3. The summed E-state index contributed by atoms with van der Waals surface area (Å²) in [6.45, 7) is 2.24. The monoisotopic (exact) mass is 281 g/mol. The van der Waals surface area contributed by atoms with E-state index in [2.05, 4.69) is 6.92 Å². The molecule has 1 unspecified atom stereocenters. The Balaban J connectivity index is 2.33. The van der Waals surface area contributed by atoms with Crippen molar-refractivity contribution in [3.05, 3.63) is 29.6 Å². The summed E-state index contributed by atoms with van der Waals surface area (Å²) in [5, 5.41) is 0. The van der Waals surface area contributed by atoms with E-state index in [0.29, 0.717) is 17.2 Å². The zero-order valence-electron chi connectivity index (χ0n) is 12.5. The van der Waals surface area contributed by atoms with Crippen molar-refractivity contribution >= 4 is 0 Å². The average Bonchev–Trinajstić information content (AvgIpc) is 2.47. The SMILES string of the molecule is COc1ccc(F)cc1C(N)C1(OC)CCC(C)CC1. The molecular formula is C16H24FNO2. The summed E-state index contributed by atoms with van der Waals surface area (Å²) in [4.78, 5) is 0. The van der Waals surface area contributed by atoms with Gasteiger partial charge in [0.1, 0.15) is 11.6 Å². The van der Waals surface area contributed by atoms with Gasteiger partial charge in [-0.2, -0.15) is 0 Å².